The molecule has 0 saturated heterocycles. The number of nitrogen functional groups attached to an aromatic ring is 1. The van der Waals surface area contributed by atoms with E-state index in [1.165, 1.54) is 0 Å². The minimum Gasteiger partial charge on any atom is -0.396 e. The molecule has 0 aliphatic carbocycles. The van der Waals surface area contributed by atoms with Gasteiger partial charge in [0.2, 0.25) is 0 Å². The summed E-state index contributed by atoms with van der Waals surface area (Å²) in [5.41, 5.74) is 2.70. The predicted molar refractivity (Wildman–Crippen MR) is 50.7 cm³/mol. The van der Waals surface area contributed by atoms with Gasteiger partial charge >= 0.3 is 6.18 Å². The molecule has 0 saturated carbocycles. The lowest BCUT2D eigenvalue weighted by atomic mass is 10.2. The van der Waals surface area contributed by atoms with Gasteiger partial charge in [-0.15, -0.1) is 0 Å². The summed E-state index contributed by atoms with van der Waals surface area (Å²) in [6.45, 7) is 0. The zero-order valence-corrected chi connectivity index (χ0v) is 8.99. The van der Waals surface area contributed by atoms with E-state index in [1.54, 1.807) is 0 Å². The number of nitrogens with two attached hydrogens (primary N) is 1. The van der Waals surface area contributed by atoms with Crippen molar-refractivity contribution >= 4 is 27.4 Å². The zero-order valence-electron chi connectivity index (χ0n) is 7.42. The van der Waals surface area contributed by atoms with Crippen LogP contribution in [0.5, 0.6) is 0 Å². The van der Waals surface area contributed by atoms with Crippen LogP contribution in [0.4, 0.5) is 18.9 Å². The topological polar surface area (TPSA) is 80.4 Å². The number of hydrogen-bond acceptors (Lipinski definition) is 3. The first-order valence-electron chi connectivity index (χ1n) is 3.68. The normalized spacial score (nSPS) is 12.8. The van der Waals surface area contributed by atoms with Crippen LogP contribution in [0.1, 0.15) is 5.56 Å². The highest BCUT2D eigenvalue weighted by atomic mass is 35.5. The van der Waals surface area contributed by atoms with Crippen LogP contribution in [-0.4, -0.2) is 13.0 Å². The highest BCUT2D eigenvalue weighted by Gasteiger charge is 2.38. The summed E-state index contributed by atoms with van der Waals surface area (Å²) in [5, 5.41) is -0.388. The van der Waals surface area contributed by atoms with Crippen LogP contribution in [0.25, 0.3) is 0 Å². The third-order valence-electron chi connectivity index (χ3n) is 1.71. The molecular weight excluding hydrogens is 271 g/mol. The van der Waals surface area contributed by atoms with E-state index in [4.69, 9.17) is 21.9 Å². The number of alkyl halides is 3. The molecular formula is C7H5ClF3NO3S. The van der Waals surface area contributed by atoms with Crippen LogP contribution in [0.3, 0.4) is 0 Å². The van der Waals surface area contributed by atoms with Crippen molar-refractivity contribution in [1.29, 1.82) is 0 Å². The molecule has 90 valence electrons. The Bertz CT molecular complexity index is 526. The van der Waals surface area contributed by atoms with Crippen molar-refractivity contribution in [3.63, 3.8) is 0 Å². The minimum absolute atomic E-state index is 0.388. The second-order valence-corrected chi connectivity index (χ2v) is 4.58. The van der Waals surface area contributed by atoms with Gasteiger partial charge in [-0.05, 0) is 12.1 Å². The van der Waals surface area contributed by atoms with Crippen molar-refractivity contribution in [2.45, 2.75) is 11.1 Å². The average molecular weight is 276 g/mol. The molecule has 16 heavy (non-hydrogen) atoms. The number of benzene rings is 1. The molecule has 4 nitrogen and oxygen atoms in total. The summed E-state index contributed by atoms with van der Waals surface area (Å²) in [6, 6.07) is 1.23. The van der Waals surface area contributed by atoms with Gasteiger partial charge in [0.25, 0.3) is 10.1 Å². The van der Waals surface area contributed by atoms with E-state index in [2.05, 4.69) is 0 Å². The minimum atomic E-state index is -5.10. The average Bonchev–Trinajstić information content (AvgIpc) is 2.05. The van der Waals surface area contributed by atoms with Crippen molar-refractivity contribution in [2.24, 2.45) is 0 Å². The summed E-state index contributed by atoms with van der Waals surface area (Å²) in [6.07, 6.45) is -4.95. The van der Waals surface area contributed by atoms with E-state index in [0.717, 1.165) is 6.07 Å². The fourth-order valence-electron chi connectivity index (χ4n) is 1.08. The zero-order chi connectivity index (χ0) is 12.7. The van der Waals surface area contributed by atoms with Crippen molar-refractivity contribution in [3.8, 4) is 0 Å². The first-order chi connectivity index (χ1) is 7.05. The van der Waals surface area contributed by atoms with Crippen LogP contribution in [0, 0.1) is 0 Å². The largest absolute Gasteiger partial charge is 0.417 e. The number of hydrogen-bond donors (Lipinski definition) is 2. The molecule has 0 atom stereocenters. The molecule has 1 aromatic rings. The fraction of sp³-hybridized carbons (Fsp3) is 0.143. The molecule has 0 aliphatic rings. The van der Waals surface area contributed by atoms with Gasteiger partial charge in [0, 0.05) is 0 Å². The molecule has 0 aliphatic heterocycles. The van der Waals surface area contributed by atoms with Crippen LogP contribution in [0.15, 0.2) is 17.0 Å². The Balaban J connectivity index is 3.73. The fourth-order valence-corrected chi connectivity index (χ4v) is 2.14. The molecule has 1 rings (SSSR count). The first kappa shape index (κ1) is 13.1. The van der Waals surface area contributed by atoms with Gasteiger partial charge in [-0.25, -0.2) is 0 Å². The van der Waals surface area contributed by atoms with Crippen molar-refractivity contribution in [1.82, 2.24) is 0 Å². The highest BCUT2D eigenvalue weighted by molar-refractivity contribution is 7.86. The molecule has 0 amide bonds. The Hall–Kier alpha value is -0.990. The lowest BCUT2D eigenvalue weighted by molar-refractivity contribution is -0.139. The van der Waals surface area contributed by atoms with E-state index >= 15 is 0 Å². The monoisotopic (exact) mass is 275 g/mol. The van der Waals surface area contributed by atoms with Crippen molar-refractivity contribution in [3.05, 3.63) is 22.7 Å². The summed E-state index contributed by atoms with van der Waals surface area (Å²) in [7, 11) is -5.10. The maximum absolute atomic E-state index is 12.4. The van der Waals surface area contributed by atoms with Crippen molar-refractivity contribution in [2.75, 3.05) is 5.73 Å². The Morgan fingerprint density at radius 2 is 1.81 bits per heavy atom. The summed E-state index contributed by atoms with van der Waals surface area (Å²) in [5.74, 6) is 0. The Morgan fingerprint density at radius 3 is 2.19 bits per heavy atom. The smallest absolute Gasteiger partial charge is 0.396 e. The Kier molecular flexibility index (Phi) is 3.10. The number of rotatable bonds is 1. The SMILES string of the molecule is Nc1c(Cl)ccc(C(F)(F)F)c1S(=O)(=O)O. The number of halogens is 4. The molecule has 0 heterocycles. The molecule has 0 unspecified atom stereocenters. The molecule has 0 fully saturated rings. The molecule has 0 bridgehead atoms. The number of anilines is 1. The second-order valence-electron chi connectivity index (χ2n) is 2.81. The maximum Gasteiger partial charge on any atom is 0.417 e. The predicted octanol–water partition coefficient (Wildman–Crippen LogP) is 2.19. The van der Waals surface area contributed by atoms with Gasteiger partial charge in [0.15, 0.2) is 0 Å². The van der Waals surface area contributed by atoms with Crippen LogP contribution >= 0.6 is 11.6 Å². The van der Waals surface area contributed by atoms with Gasteiger partial charge in [0.1, 0.15) is 4.90 Å². The van der Waals surface area contributed by atoms with Crippen LogP contribution < -0.4 is 5.73 Å². The van der Waals surface area contributed by atoms with E-state index < -0.39 is 32.4 Å². The summed E-state index contributed by atoms with van der Waals surface area (Å²) in [4.78, 5) is -1.42. The van der Waals surface area contributed by atoms with Gasteiger partial charge in [-0.1, -0.05) is 11.6 Å². The highest BCUT2D eigenvalue weighted by Crippen LogP contribution is 2.39. The summed E-state index contributed by atoms with van der Waals surface area (Å²) >= 11 is 5.37. The van der Waals surface area contributed by atoms with E-state index in [-0.39, 0.29) is 5.02 Å². The van der Waals surface area contributed by atoms with Crippen LogP contribution in [0.2, 0.25) is 5.02 Å². The quantitative estimate of drug-likeness (QED) is 0.608. The lowest BCUT2D eigenvalue weighted by Crippen LogP contribution is -2.15. The van der Waals surface area contributed by atoms with Crippen molar-refractivity contribution < 1.29 is 26.1 Å². The van der Waals surface area contributed by atoms with E-state index in [1.807, 2.05) is 0 Å². The molecule has 9 heteroatoms. The third kappa shape index (κ3) is 2.39. The third-order valence-corrected chi connectivity index (χ3v) is 2.99. The molecule has 1 aromatic carbocycles. The Labute approximate surface area is 93.6 Å². The van der Waals surface area contributed by atoms with Gasteiger partial charge in [-0.2, -0.15) is 21.6 Å². The first-order valence-corrected chi connectivity index (χ1v) is 5.49. The molecule has 0 spiro atoms. The Morgan fingerprint density at radius 1 is 1.31 bits per heavy atom. The lowest BCUT2D eigenvalue weighted by Gasteiger charge is -2.13. The molecule has 3 N–H and O–H groups in total. The summed E-state index contributed by atoms with van der Waals surface area (Å²) < 4.78 is 67.5. The van der Waals surface area contributed by atoms with Gasteiger partial charge in [0.05, 0.1) is 16.3 Å². The van der Waals surface area contributed by atoms with Gasteiger partial charge in [-0.3, -0.25) is 4.55 Å². The van der Waals surface area contributed by atoms with E-state index in [9.17, 15) is 21.6 Å². The van der Waals surface area contributed by atoms with Crippen LogP contribution in [-0.2, 0) is 16.3 Å². The maximum atomic E-state index is 12.4. The molecule has 0 radical (unpaired) electrons. The molecule has 0 aromatic heterocycles. The standard InChI is InChI=1S/C7H5ClF3NO3S/c8-4-2-1-3(7(9,10)11)6(5(4)12)16(13,14)15/h1-2H,12H2,(H,13,14,15). The van der Waals surface area contributed by atoms with Gasteiger partial charge < -0.3 is 5.73 Å². The van der Waals surface area contributed by atoms with E-state index in [0.29, 0.717) is 6.07 Å². The second kappa shape index (κ2) is 3.79.